The number of carbonyl (C=O) groups excluding carboxylic acids is 1. The van der Waals surface area contributed by atoms with Crippen molar-refractivity contribution in [3.8, 4) is 11.4 Å². The first-order chi connectivity index (χ1) is 11.7. The average molecular weight is 328 g/mol. The van der Waals surface area contributed by atoms with E-state index in [0.29, 0.717) is 5.92 Å². The Kier molecular flexibility index (Phi) is 5.15. The van der Waals surface area contributed by atoms with Gasteiger partial charge in [0.15, 0.2) is 0 Å². The Hall–Kier alpha value is -2.34. The van der Waals surface area contributed by atoms with Gasteiger partial charge in [0.25, 0.3) is 0 Å². The molecule has 0 saturated carbocycles. The number of ether oxygens (including phenoxy) is 1. The quantitative estimate of drug-likeness (QED) is 0.879. The molecule has 24 heavy (non-hydrogen) atoms. The summed E-state index contributed by atoms with van der Waals surface area (Å²) in [6, 6.07) is 7.98. The molecule has 3 rings (SSSR count). The number of aromatic nitrogens is 2. The molecule has 1 aliphatic rings. The van der Waals surface area contributed by atoms with Crippen molar-refractivity contribution in [2.75, 3.05) is 26.7 Å². The van der Waals surface area contributed by atoms with E-state index < -0.39 is 0 Å². The van der Waals surface area contributed by atoms with Crippen LogP contribution in [0.5, 0.6) is 5.75 Å². The number of methoxy groups -OCH3 is 1. The Labute approximate surface area is 142 Å². The monoisotopic (exact) mass is 328 g/mol. The summed E-state index contributed by atoms with van der Waals surface area (Å²) in [5.74, 6) is 2.45. The van der Waals surface area contributed by atoms with Crippen LogP contribution in [0.1, 0.15) is 19.2 Å². The first-order valence-corrected chi connectivity index (χ1v) is 8.29. The van der Waals surface area contributed by atoms with E-state index in [0.717, 1.165) is 49.9 Å². The van der Waals surface area contributed by atoms with Crippen LogP contribution in [0.2, 0.25) is 0 Å². The number of carbonyl (C=O) groups is 1. The van der Waals surface area contributed by atoms with E-state index in [2.05, 4.69) is 19.8 Å². The zero-order chi connectivity index (χ0) is 16.9. The van der Waals surface area contributed by atoms with E-state index in [4.69, 9.17) is 4.74 Å². The van der Waals surface area contributed by atoms with Crippen LogP contribution in [0.15, 0.2) is 36.7 Å². The first kappa shape index (κ1) is 16.5. The minimum atomic E-state index is 0.0449. The van der Waals surface area contributed by atoms with Crippen LogP contribution in [0, 0.1) is 5.92 Å². The molecule has 6 heteroatoms. The number of nitrogens with one attached hydrogen (secondary N) is 1. The van der Waals surface area contributed by atoms with Crippen LogP contribution in [0.3, 0.4) is 0 Å². The van der Waals surface area contributed by atoms with Gasteiger partial charge in [0.05, 0.1) is 13.7 Å². The van der Waals surface area contributed by atoms with Crippen LogP contribution in [0.4, 0.5) is 0 Å². The highest BCUT2D eigenvalue weighted by Gasteiger charge is 2.23. The molecule has 1 aromatic carbocycles. The Morgan fingerprint density at radius 1 is 1.38 bits per heavy atom. The fourth-order valence-corrected chi connectivity index (χ4v) is 3.14. The van der Waals surface area contributed by atoms with E-state index in [1.165, 1.54) is 0 Å². The van der Waals surface area contributed by atoms with Crippen molar-refractivity contribution in [2.45, 2.75) is 19.9 Å². The van der Waals surface area contributed by atoms with Gasteiger partial charge in [-0.3, -0.25) is 9.69 Å². The van der Waals surface area contributed by atoms with Crippen LogP contribution >= 0.6 is 0 Å². The van der Waals surface area contributed by atoms with E-state index in [-0.39, 0.29) is 5.91 Å². The van der Waals surface area contributed by atoms with Crippen LogP contribution in [0.25, 0.3) is 5.69 Å². The molecule has 0 spiro atoms. The van der Waals surface area contributed by atoms with Gasteiger partial charge in [-0.2, -0.15) is 0 Å². The maximum Gasteiger partial charge on any atom is 0.216 e. The lowest BCUT2D eigenvalue weighted by molar-refractivity contribution is -0.119. The lowest BCUT2D eigenvalue weighted by Crippen LogP contribution is -2.29. The predicted octanol–water partition coefficient (Wildman–Crippen LogP) is 1.84. The summed E-state index contributed by atoms with van der Waals surface area (Å²) in [6.45, 7) is 5.18. The number of hydrogen-bond donors (Lipinski definition) is 1. The van der Waals surface area contributed by atoms with Gasteiger partial charge < -0.3 is 14.6 Å². The smallest absolute Gasteiger partial charge is 0.216 e. The second-order valence-corrected chi connectivity index (χ2v) is 6.24. The molecule has 128 valence electrons. The van der Waals surface area contributed by atoms with Gasteiger partial charge in [0.1, 0.15) is 11.6 Å². The van der Waals surface area contributed by atoms with Crippen molar-refractivity contribution in [2.24, 2.45) is 5.92 Å². The predicted molar refractivity (Wildman–Crippen MR) is 92.2 cm³/mol. The summed E-state index contributed by atoms with van der Waals surface area (Å²) in [7, 11) is 1.67. The molecular weight excluding hydrogens is 304 g/mol. The van der Waals surface area contributed by atoms with Crippen LogP contribution in [-0.2, 0) is 11.3 Å². The zero-order valence-electron chi connectivity index (χ0n) is 14.2. The fraction of sp³-hybridized carbons (Fsp3) is 0.444. The molecule has 1 atom stereocenters. The third-order valence-corrected chi connectivity index (χ3v) is 4.44. The largest absolute Gasteiger partial charge is 0.497 e. The molecule has 0 bridgehead atoms. The molecule has 0 aliphatic carbocycles. The summed E-state index contributed by atoms with van der Waals surface area (Å²) in [5.41, 5.74) is 1.08. The second kappa shape index (κ2) is 7.49. The first-order valence-electron chi connectivity index (χ1n) is 8.29. The molecule has 6 nitrogen and oxygen atoms in total. The summed E-state index contributed by atoms with van der Waals surface area (Å²) in [6.07, 6.45) is 4.94. The molecule has 0 radical (unpaired) electrons. The number of amides is 1. The van der Waals surface area contributed by atoms with E-state index in [9.17, 15) is 4.79 Å². The standard InChI is InChI=1S/C18H24N4O2/c1-14(23)20-11-15-7-9-21(12-15)13-18-19-8-10-22(18)16-3-5-17(24-2)6-4-16/h3-6,8,10,15H,7,9,11-13H2,1-2H3,(H,20,23)/t15-/m1/s1. The summed E-state index contributed by atoms with van der Waals surface area (Å²) in [5, 5.41) is 2.92. The number of hydrogen-bond acceptors (Lipinski definition) is 4. The zero-order valence-corrected chi connectivity index (χ0v) is 14.2. The topological polar surface area (TPSA) is 59.4 Å². The molecule has 1 fully saturated rings. The van der Waals surface area contributed by atoms with Gasteiger partial charge in [-0.15, -0.1) is 0 Å². The molecule has 2 aromatic rings. The Morgan fingerprint density at radius 3 is 2.88 bits per heavy atom. The highest BCUT2D eigenvalue weighted by atomic mass is 16.5. The second-order valence-electron chi connectivity index (χ2n) is 6.24. The normalized spacial score (nSPS) is 17.8. The summed E-state index contributed by atoms with van der Waals surface area (Å²) < 4.78 is 7.32. The number of likely N-dealkylation sites (tertiary alicyclic amines) is 1. The molecular formula is C18H24N4O2. The molecule has 1 aliphatic heterocycles. The third-order valence-electron chi connectivity index (χ3n) is 4.44. The maximum atomic E-state index is 11.0. The SMILES string of the molecule is COc1ccc(-n2ccnc2CN2CC[C@H](CNC(C)=O)C2)cc1. The van der Waals surface area contributed by atoms with Gasteiger partial charge in [-0.25, -0.2) is 4.98 Å². The van der Waals surface area contributed by atoms with Gasteiger partial charge in [-0.1, -0.05) is 0 Å². The summed E-state index contributed by atoms with van der Waals surface area (Å²) in [4.78, 5) is 18.0. The molecule has 2 heterocycles. The average Bonchev–Trinajstić information content (AvgIpc) is 3.23. The molecule has 1 aromatic heterocycles. The number of benzene rings is 1. The lowest BCUT2D eigenvalue weighted by atomic mass is 10.1. The highest BCUT2D eigenvalue weighted by Crippen LogP contribution is 2.20. The van der Waals surface area contributed by atoms with Gasteiger partial charge >= 0.3 is 0 Å². The Bertz CT molecular complexity index is 681. The lowest BCUT2D eigenvalue weighted by Gasteiger charge is -2.17. The van der Waals surface area contributed by atoms with Crippen molar-refractivity contribution in [3.63, 3.8) is 0 Å². The third kappa shape index (κ3) is 3.94. The maximum absolute atomic E-state index is 11.0. The van der Waals surface area contributed by atoms with Gasteiger partial charge in [-0.05, 0) is 43.1 Å². The molecule has 1 saturated heterocycles. The fourth-order valence-electron chi connectivity index (χ4n) is 3.14. The minimum Gasteiger partial charge on any atom is -0.497 e. The Balaban J connectivity index is 1.62. The minimum absolute atomic E-state index is 0.0449. The van der Waals surface area contributed by atoms with E-state index in [1.807, 2.05) is 36.7 Å². The van der Waals surface area contributed by atoms with Gasteiger partial charge in [0, 0.05) is 38.1 Å². The van der Waals surface area contributed by atoms with Crippen molar-refractivity contribution < 1.29 is 9.53 Å². The van der Waals surface area contributed by atoms with E-state index >= 15 is 0 Å². The van der Waals surface area contributed by atoms with Crippen LogP contribution in [-0.4, -0.2) is 47.1 Å². The van der Waals surface area contributed by atoms with Crippen LogP contribution < -0.4 is 10.1 Å². The molecule has 0 unspecified atom stereocenters. The number of rotatable bonds is 6. The Morgan fingerprint density at radius 2 is 2.17 bits per heavy atom. The van der Waals surface area contributed by atoms with E-state index in [1.54, 1.807) is 14.0 Å². The highest BCUT2D eigenvalue weighted by molar-refractivity contribution is 5.72. The number of imidazole rings is 1. The van der Waals surface area contributed by atoms with Crippen molar-refractivity contribution >= 4 is 5.91 Å². The summed E-state index contributed by atoms with van der Waals surface area (Å²) >= 11 is 0. The van der Waals surface area contributed by atoms with Crippen molar-refractivity contribution in [3.05, 3.63) is 42.5 Å². The van der Waals surface area contributed by atoms with Crippen molar-refractivity contribution in [1.29, 1.82) is 0 Å². The van der Waals surface area contributed by atoms with Crippen molar-refractivity contribution in [1.82, 2.24) is 19.8 Å². The number of nitrogens with zero attached hydrogens (tertiary/aromatic N) is 3. The molecule has 1 N–H and O–H groups in total. The molecule has 1 amide bonds. The van der Waals surface area contributed by atoms with Gasteiger partial charge in [0.2, 0.25) is 5.91 Å².